The molecule has 0 spiro atoms. The molecule has 0 aliphatic heterocycles. The van der Waals surface area contributed by atoms with Crippen LogP contribution in [0.2, 0.25) is 0 Å². The van der Waals surface area contributed by atoms with E-state index in [0.717, 1.165) is 110 Å². The van der Waals surface area contributed by atoms with Crippen LogP contribution >= 0.6 is 0 Å². The lowest BCUT2D eigenvalue weighted by molar-refractivity contribution is 0.663. The number of furan rings is 3. The molecule has 13 rings (SSSR count). The van der Waals surface area contributed by atoms with E-state index in [1.807, 2.05) is 12.1 Å². The summed E-state index contributed by atoms with van der Waals surface area (Å²) in [4.78, 5) is 2.30. The van der Waals surface area contributed by atoms with Crippen molar-refractivity contribution in [2.24, 2.45) is 0 Å². The Morgan fingerprint density at radius 2 is 0.906 bits per heavy atom. The van der Waals surface area contributed by atoms with Crippen molar-refractivity contribution in [2.45, 2.75) is 0 Å². The number of benzene rings is 8. The van der Waals surface area contributed by atoms with E-state index in [1.54, 1.807) is 0 Å². The summed E-state index contributed by atoms with van der Waals surface area (Å²) < 4.78 is 22.5. The minimum absolute atomic E-state index is 0.817. The van der Waals surface area contributed by atoms with Crippen LogP contribution in [0.1, 0.15) is 0 Å². The number of fused-ring (bicyclic) bond motifs is 5. The van der Waals surface area contributed by atoms with Gasteiger partial charge in [0, 0.05) is 60.5 Å². The fourth-order valence-electron chi connectivity index (χ4n) is 9.19. The second kappa shape index (κ2) is 9.75. The van der Waals surface area contributed by atoms with Crippen molar-refractivity contribution in [3.8, 4) is 5.69 Å². The zero-order valence-corrected chi connectivity index (χ0v) is 28.1. The number of para-hydroxylation sites is 3. The number of anilines is 3. The molecule has 0 amide bonds. The summed E-state index contributed by atoms with van der Waals surface area (Å²) in [6.45, 7) is 0. The van der Waals surface area contributed by atoms with E-state index in [4.69, 9.17) is 13.3 Å². The van der Waals surface area contributed by atoms with E-state index in [2.05, 4.69) is 155 Å². The van der Waals surface area contributed by atoms with E-state index < -0.39 is 0 Å². The molecule has 0 fully saturated rings. The maximum atomic E-state index is 6.95. The van der Waals surface area contributed by atoms with Crippen LogP contribution < -0.4 is 4.90 Å². The molecule has 0 N–H and O–H groups in total. The number of hydrogen-bond acceptors (Lipinski definition) is 4. The number of nitrogens with zero attached hydrogens (tertiary/aromatic N) is 2. The highest BCUT2D eigenvalue weighted by Gasteiger charge is 2.28. The molecule has 4 heterocycles. The molecule has 13 aromatic rings. The summed E-state index contributed by atoms with van der Waals surface area (Å²) in [7, 11) is 0. The van der Waals surface area contributed by atoms with Gasteiger partial charge >= 0.3 is 0 Å². The van der Waals surface area contributed by atoms with Crippen molar-refractivity contribution in [1.29, 1.82) is 0 Å². The lowest BCUT2D eigenvalue weighted by atomic mass is 9.93. The molecule has 9 aromatic carbocycles. The minimum Gasteiger partial charge on any atom is -0.456 e. The molecule has 0 radical (unpaired) electrons. The summed E-state index contributed by atoms with van der Waals surface area (Å²) in [6.07, 6.45) is 0. The van der Waals surface area contributed by atoms with Gasteiger partial charge in [-0.25, -0.2) is 0 Å². The van der Waals surface area contributed by atoms with Gasteiger partial charge in [0.1, 0.15) is 33.5 Å². The van der Waals surface area contributed by atoms with Crippen LogP contribution in [0.3, 0.4) is 0 Å². The standard InChI is InChI=1S/C48H26N2O3/c1-3-10-27(11-4-1)49(28-12-5-2-6-13-28)29-18-20-30(21-19-29)50-34-22-24-38-46-41-31(15-9-17-37(41)52-38)33-26-40-42(32-14-7-8-16-36(32)51-40)48-43(33)47-39(53-48)25-23-35(50)45(47)44(34)46/h1-26H. The normalized spacial score (nSPS) is 12.5. The summed E-state index contributed by atoms with van der Waals surface area (Å²) in [5.74, 6) is 0. The maximum absolute atomic E-state index is 6.95. The smallest absolute Gasteiger partial charge is 0.147 e. The fourth-order valence-corrected chi connectivity index (χ4v) is 9.19. The van der Waals surface area contributed by atoms with Gasteiger partial charge in [0.2, 0.25) is 0 Å². The highest BCUT2D eigenvalue weighted by atomic mass is 16.3. The lowest BCUT2D eigenvalue weighted by Crippen LogP contribution is -2.09. The van der Waals surface area contributed by atoms with E-state index in [9.17, 15) is 0 Å². The molecule has 4 aromatic heterocycles. The third-order valence-electron chi connectivity index (χ3n) is 11.3. The minimum atomic E-state index is 0.817. The van der Waals surface area contributed by atoms with Crippen molar-refractivity contribution in [2.75, 3.05) is 4.90 Å². The van der Waals surface area contributed by atoms with Gasteiger partial charge in [0.15, 0.2) is 0 Å². The van der Waals surface area contributed by atoms with Crippen molar-refractivity contribution in [3.63, 3.8) is 0 Å². The molecule has 5 nitrogen and oxygen atoms in total. The zero-order chi connectivity index (χ0) is 34.4. The van der Waals surface area contributed by atoms with Crippen molar-refractivity contribution in [1.82, 2.24) is 4.57 Å². The molecule has 246 valence electrons. The summed E-state index contributed by atoms with van der Waals surface area (Å²) in [5, 5.41) is 11.1. The van der Waals surface area contributed by atoms with Gasteiger partial charge in [-0.3, -0.25) is 0 Å². The Balaban J connectivity index is 1.16. The molecule has 53 heavy (non-hydrogen) atoms. The third-order valence-corrected chi connectivity index (χ3v) is 11.3. The average Bonchev–Trinajstić information content (AvgIpc) is 3.96. The number of aromatic nitrogens is 1. The van der Waals surface area contributed by atoms with E-state index in [-0.39, 0.29) is 0 Å². The Morgan fingerprint density at radius 1 is 0.340 bits per heavy atom. The Morgan fingerprint density at radius 3 is 1.64 bits per heavy atom. The Bertz CT molecular complexity index is 3510. The first-order valence-electron chi connectivity index (χ1n) is 17.9. The van der Waals surface area contributed by atoms with Crippen LogP contribution in [0.4, 0.5) is 17.1 Å². The van der Waals surface area contributed by atoms with E-state index in [1.165, 1.54) is 10.8 Å². The Kier molecular flexibility index (Phi) is 5.06. The first-order chi connectivity index (χ1) is 26.3. The second-order valence-electron chi connectivity index (χ2n) is 14.0. The predicted octanol–water partition coefficient (Wildman–Crippen LogP) is 14.0. The van der Waals surface area contributed by atoms with Gasteiger partial charge in [0.05, 0.1) is 16.4 Å². The molecular formula is C48H26N2O3. The molecule has 0 saturated carbocycles. The molecule has 0 bridgehead atoms. The number of hydrogen-bond donors (Lipinski definition) is 0. The van der Waals surface area contributed by atoms with Crippen LogP contribution in [0.5, 0.6) is 0 Å². The molecule has 0 saturated heterocycles. The Hall–Kier alpha value is -7.24. The topological polar surface area (TPSA) is 47.6 Å². The predicted molar refractivity (Wildman–Crippen MR) is 217 cm³/mol. The van der Waals surface area contributed by atoms with Crippen LogP contribution in [0.15, 0.2) is 171 Å². The first-order valence-corrected chi connectivity index (χ1v) is 17.9. The molecule has 5 heteroatoms. The highest BCUT2D eigenvalue weighted by molar-refractivity contribution is 6.43. The zero-order valence-electron chi connectivity index (χ0n) is 28.1. The monoisotopic (exact) mass is 678 g/mol. The molecule has 0 unspecified atom stereocenters. The summed E-state index contributed by atoms with van der Waals surface area (Å²) in [5.41, 5.74) is 11.8. The number of rotatable bonds is 4. The van der Waals surface area contributed by atoms with Gasteiger partial charge in [-0.05, 0) is 102 Å². The van der Waals surface area contributed by atoms with E-state index in [0.29, 0.717) is 0 Å². The van der Waals surface area contributed by atoms with Crippen molar-refractivity contribution < 1.29 is 13.3 Å². The SMILES string of the molecule is c1ccc(N(c2ccccc2)c2ccc(-n3c4ccc5oc6cccc7c8cc9oc%10ccccc%10c9c9oc%10ccc3c(c%10c89)c4c5c67)cc2)cc1. The van der Waals surface area contributed by atoms with Gasteiger partial charge in [-0.2, -0.15) is 0 Å². The van der Waals surface area contributed by atoms with Gasteiger partial charge in [-0.15, -0.1) is 0 Å². The van der Waals surface area contributed by atoms with Crippen molar-refractivity contribution in [3.05, 3.63) is 158 Å². The van der Waals surface area contributed by atoms with E-state index >= 15 is 0 Å². The summed E-state index contributed by atoms with van der Waals surface area (Å²) >= 11 is 0. The maximum Gasteiger partial charge on any atom is 0.147 e. The van der Waals surface area contributed by atoms with Gasteiger partial charge in [0.25, 0.3) is 0 Å². The van der Waals surface area contributed by atoms with Gasteiger partial charge in [-0.1, -0.05) is 66.7 Å². The molecular weight excluding hydrogens is 653 g/mol. The average molecular weight is 679 g/mol. The summed E-state index contributed by atoms with van der Waals surface area (Å²) in [6, 6.07) is 55.5. The first kappa shape index (κ1) is 27.5. The second-order valence-corrected chi connectivity index (χ2v) is 14.0. The third kappa shape index (κ3) is 3.46. The van der Waals surface area contributed by atoms with Crippen LogP contribution in [-0.4, -0.2) is 4.57 Å². The largest absolute Gasteiger partial charge is 0.456 e. The van der Waals surface area contributed by atoms with Gasteiger partial charge < -0.3 is 22.7 Å². The quantitative estimate of drug-likeness (QED) is 0.186. The molecule has 0 atom stereocenters. The van der Waals surface area contributed by atoms with Crippen LogP contribution in [-0.2, 0) is 0 Å². The van der Waals surface area contributed by atoms with Crippen LogP contribution in [0, 0.1) is 0 Å². The molecule has 0 aliphatic rings. The fraction of sp³-hybridized carbons (Fsp3) is 0. The highest BCUT2D eigenvalue weighted by Crippen LogP contribution is 2.52. The lowest BCUT2D eigenvalue weighted by Gasteiger charge is -2.25. The van der Waals surface area contributed by atoms with Crippen LogP contribution in [0.25, 0.3) is 104 Å². The molecule has 0 aliphatic carbocycles. The van der Waals surface area contributed by atoms with Crippen molar-refractivity contribution >= 4 is 115 Å². The Labute approximate surface area is 300 Å².